The number of carbonyl (C=O) groups is 4. The first kappa shape index (κ1) is 27.3. The van der Waals surface area contributed by atoms with E-state index < -0.39 is 5.91 Å². The Kier molecular flexibility index (Phi) is 8.40. The van der Waals surface area contributed by atoms with Gasteiger partial charge < -0.3 is 24.9 Å². The van der Waals surface area contributed by atoms with Gasteiger partial charge in [0.25, 0.3) is 17.1 Å². The Morgan fingerprint density at radius 2 is 1.68 bits per heavy atom. The second-order valence-electron chi connectivity index (χ2n) is 9.63. The van der Waals surface area contributed by atoms with Crippen LogP contribution in [-0.2, 0) is 4.79 Å². The van der Waals surface area contributed by atoms with Crippen LogP contribution >= 0.6 is 11.8 Å². The van der Waals surface area contributed by atoms with Gasteiger partial charge in [0.1, 0.15) is 0 Å². The lowest BCUT2D eigenvalue weighted by Gasteiger charge is -2.38. The molecule has 0 bridgehead atoms. The van der Waals surface area contributed by atoms with Crippen LogP contribution in [0, 0.1) is 6.92 Å². The summed E-state index contributed by atoms with van der Waals surface area (Å²) in [5.41, 5.74) is 4.18. The molecule has 5 rings (SSSR count). The lowest BCUT2D eigenvalue weighted by Crippen LogP contribution is -2.47. The van der Waals surface area contributed by atoms with Crippen LogP contribution in [0.15, 0.2) is 65.3 Å². The smallest absolute Gasteiger partial charge is 0.291 e. The van der Waals surface area contributed by atoms with Gasteiger partial charge in [0.05, 0.1) is 23.4 Å². The van der Waals surface area contributed by atoms with Gasteiger partial charge in [-0.25, -0.2) is 0 Å². The molecule has 0 radical (unpaired) electrons. The number of nitrogens with one attached hydrogen (secondary N) is 2. The van der Waals surface area contributed by atoms with Gasteiger partial charge in [0.2, 0.25) is 5.91 Å². The minimum absolute atomic E-state index is 0.172. The summed E-state index contributed by atoms with van der Waals surface area (Å²) in [5, 5.41) is 5.52. The normalized spacial score (nSPS) is 15.5. The zero-order valence-corrected chi connectivity index (χ0v) is 23.0. The van der Waals surface area contributed by atoms with Crippen molar-refractivity contribution in [3.05, 3.63) is 77.7 Å². The van der Waals surface area contributed by atoms with E-state index in [2.05, 4.69) is 39.5 Å². The highest BCUT2D eigenvalue weighted by molar-refractivity contribution is 8.14. The van der Waals surface area contributed by atoms with E-state index in [0.29, 0.717) is 24.2 Å². The van der Waals surface area contributed by atoms with Crippen molar-refractivity contribution in [2.75, 3.05) is 60.1 Å². The Morgan fingerprint density at radius 1 is 0.925 bits per heavy atom. The molecule has 2 aliphatic heterocycles. The number of benzene rings is 2. The summed E-state index contributed by atoms with van der Waals surface area (Å²) < 4.78 is 5.26. The van der Waals surface area contributed by atoms with Gasteiger partial charge in [0.15, 0.2) is 5.76 Å². The molecule has 11 heteroatoms. The molecule has 0 aliphatic carbocycles. The average molecular weight is 562 g/mol. The number of imide groups is 1. The highest BCUT2D eigenvalue weighted by Crippen LogP contribution is 2.30. The molecule has 208 valence electrons. The van der Waals surface area contributed by atoms with E-state index in [1.54, 1.807) is 24.3 Å². The minimum atomic E-state index is -0.403. The number of hydrogen-bond donors (Lipinski definition) is 2. The van der Waals surface area contributed by atoms with Crippen molar-refractivity contribution in [1.29, 1.82) is 0 Å². The van der Waals surface area contributed by atoms with Gasteiger partial charge in [-0.1, -0.05) is 30.0 Å². The summed E-state index contributed by atoms with van der Waals surface area (Å²) in [6, 6.07) is 16.8. The van der Waals surface area contributed by atoms with Gasteiger partial charge in [-0.2, -0.15) is 0 Å². The standard InChI is InChI=1S/C29H31N5O5S/c1-20-6-2-3-7-23(20)32-13-15-33(16-14-32)24-10-9-21(18-22(24)31-28(37)25-8-4-17-39-25)27(36)30-11-5-12-34-26(35)19-40-29(34)38/h2-4,6-10,17-18H,5,11-16,19H2,1H3,(H,30,36)(H,31,37). The maximum absolute atomic E-state index is 12.9. The molecule has 2 fully saturated rings. The molecule has 0 atom stereocenters. The van der Waals surface area contributed by atoms with E-state index in [9.17, 15) is 19.2 Å². The molecule has 3 heterocycles. The van der Waals surface area contributed by atoms with Crippen LogP contribution in [0.3, 0.4) is 0 Å². The lowest BCUT2D eigenvalue weighted by atomic mass is 10.1. The maximum atomic E-state index is 12.9. The molecule has 4 amide bonds. The number of anilines is 3. The maximum Gasteiger partial charge on any atom is 0.291 e. The predicted molar refractivity (Wildman–Crippen MR) is 155 cm³/mol. The van der Waals surface area contributed by atoms with Gasteiger partial charge in [0, 0.05) is 50.5 Å². The molecule has 0 saturated carbocycles. The number of furan rings is 1. The molecule has 40 heavy (non-hydrogen) atoms. The molecule has 2 aromatic carbocycles. The first-order valence-electron chi connectivity index (χ1n) is 13.2. The molecule has 0 unspecified atom stereocenters. The molecule has 1 aromatic heterocycles. The summed E-state index contributed by atoms with van der Waals surface area (Å²) in [5.74, 6) is -0.564. The number of piperazine rings is 1. The van der Waals surface area contributed by atoms with Gasteiger partial charge >= 0.3 is 0 Å². The second-order valence-corrected chi connectivity index (χ2v) is 10.6. The Morgan fingerprint density at radius 3 is 2.35 bits per heavy atom. The van der Waals surface area contributed by atoms with Gasteiger partial charge in [-0.3, -0.25) is 24.1 Å². The van der Waals surface area contributed by atoms with Crippen molar-refractivity contribution in [2.45, 2.75) is 13.3 Å². The van der Waals surface area contributed by atoms with Crippen molar-refractivity contribution < 1.29 is 23.6 Å². The molecular weight excluding hydrogens is 530 g/mol. The molecule has 0 spiro atoms. The molecule has 2 aliphatic rings. The topological polar surface area (TPSA) is 115 Å². The third kappa shape index (κ3) is 6.15. The summed E-state index contributed by atoms with van der Waals surface area (Å²) in [6.07, 6.45) is 1.89. The third-order valence-electron chi connectivity index (χ3n) is 7.01. The summed E-state index contributed by atoms with van der Waals surface area (Å²) >= 11 is 0.995. The van der Waals surface area contributed by atoms with Crippen molar-refractivity contribution in [1.82, 2.24) is 10.2 Å². The first-order valence-corrected chi connectivity index (χ1v) is 14.2. The Bertz CT molecular complexity index is 1390. The third-order valence-corrected chi connectivity index (χ3v) is 7.87. The first-order chi connectivity index (χ1) is 19.4. The van der Waals surface area contributed by atoms with Crippen LogP contribution in [0.4, 0.5) is 21.9 Å². The molecule has 3 aromatic rings. The van der Waals surface area contributed by atoms with E-state index in [1.165, 1.54) is 22.4 Å². The van der Waals surface area contributed by atoms with E-state index in [0.717, 1.165) is 43.6 Å². The fourth-order valence-electron chi connectivity index (χ4n) is 4.89. The summed E-state index contributed by atoms with van der Waals surface area (Å²) in [7, 11) is 0. The van der Waals surface area contributed by atoms with E-state index >= 15 is 0 Å². The van der Waals surface area contributed by atoms with Crippen molar-refractivity contribution in [2.24, 2.45) is 0 Å². The van der Waals surface area contributed by atoms with Crippen LogP contribution in [0.1, 0.15) is 32.9 Å². The predicted octanol–water partition coefficient (Wildman–Crippen LogP) is 3.98. The van der Waals surface area contributed by atoms with Crippen LogP contribution in [0.25, 0.3) is 0 Å². The monoisotopic (exact) mass is 561 g/mol. The van der Waals surface area contributed by atoms with Crippen molar-refractivity contribution in [3.63, 3.8) is 0 Å². The Hall–Kier alpha value is -4.25. The SMILES string of the molecule is Cc1ccccc1N1CCN(c2ccc(C(=O)NCCCN3C(=O)CSC3=O)cc2NC(=O)c2ccco2)CC1. The number of carbonyl (C=O) groups excluding carboxylic acids is 4. The second kappa shape index (κ2) is 12.3. The van der Waals surface area contributed by atoms with Crippen molar-refractivity contribution in [3.8, 4) is 0 Å². The van der Waals surface area contributed by atoms with Crippen LogP contribution in [0.2, 0.25) is 0 Å². The lowest BCUT2D eigenvalue weighted by molar-refractivity contribution is -0.124. The molecule has 2 saturated heterocycles. The Balaban J connectivity index is 1.27. The van der Waals surface area contributed by atoms with Crippen molar-refractivity contribution >= 4 is 51.8 Å². The number of thioether (sulfide) groups is 1. The van der Waals surface area contributed by atoms with Crippen LogP contribution < -0.4 is 20.4 Å². The van der Waals surface area contributed by atoms with E-state index in [1.807, 2.05) is 18.2 Å². The fraction of sp³-hybridized carbons (Fsp3) is 0.310. The number of rotatable bonds is 9. The van der Waals surface area contributed by atoms with Crippen LogP contribution in [0.5, 0.6) is 0 Å². The molecule has 2 N–H and O–H groups in total. The van der Waals surface area contributed by atoms with Gasteiger partial charge in [-0.15, -0.1) is 0 Å². The minimum Gasteiger partial charge on any atom is -0.459 e. The quantitative estimate of drug-likeness (QED) is 0.377. The molecular formula is C29H31N5O5S. The van der Waals surface area contributed by atoms with Crippen LogP contribution in [-0.4, -0.2) is 72.9 Å². The highest BCUT2D eigenvalue weighted by atomic mass is 32.2. The average Bonchev–Trinajstić information content (AvgIpc) is 3.62. The fourth-order valence-corrected chi connectivity index (χ4v) is 5.64. The zero-order valence-electron chi connectivity index (χ0n) is 22.2. The number of hydrogen-bond acceptors (Lipinski definition) is 8. The highest BCUT2D eigenvalue weighted by Gasteiger charge is 2.29. The largest absolute Gasteiger partial charge is 0.459 e. The van der Waals surface area contributed by atoms with E-state index in [-0.39, 0.29) is 35.1 Å². The van der Waals surface area contributed by atoms with Gasteiger partial charge in [-0.05, 0) is 55.3 Å². The number of nitrogens with zero attached hydrogens (tertiary/aromatic N) is 3. The number of para-hydroxylation sites is 1. The number of aryl methyl sites for hydroxylation is 1. The summed E-state index contributed by atoms with van der Waals surface area (Å²) in [6.45, 7) is 5.81. The van der Waals surface area contributed by atoms with E-state index in [4.69, 9.17) is 4.42 Å². The zero-order chi connectivity index (χ0) is 28.1. The summed E-state index contributed by atoms with van der Waals surface area (Å²) in [4.78, 5) is 55.1. The number of amides is 4. The Labute approximate surface area is 236 Å². The molecule has 10 nitrogen and oxygen atoms in total.